The zero-order valence-corrected chi connectivity index (χ0v) is 10.8. The van der Waals surface area contributed by atoms with Crippen molar-refractivity contribution in [1.82, 2.24) is 0 Å². The highest BCUT2D eigenvalue weighted by Gasteiger charge is 2.28. The van der Waals surface area contributed by atoms with Crippen LogP contribution < -0.4 is 0 Å². The number of phosphoric ester groups is 1. The van der Waals surface area contributed by atoms with E-state index in [2.05, 4.69) is 15.9 Å². The summed E-state index contributed by atoms with van der Waals surface area (Å²) < 4.78 is 26.8. The maximum absolute atomic E-state index is 11.7. The van der Waals surface area contributed by atoms with Crippen LogP contribution in [0.1, 0.15) is 27.7 Å². The Hall–Kier alpha value is 0.590. The molecule has 0 saturated carbocycles. The van der Waals surface area contributed by atoms with Gasteiger partial charge >= 0.3 is 7.82 Å². The lowest BCUT2D eigenvalue weighted by atomic mass is 10.5. The van der Waals surface area contributed by atoms with Gasteiger partial charge in [-0.05, 0) is 27.7 Å². The average Bonchev–Trinajstić information content (AvgIpc) is 1.81. The van der Waals surface area contributed by atoms with Crippen molar-refractivity contribution < 1.29 is 18.1 Å². The van der Waals surface area contributed by atoms with Crippen LogP contribution in [0.25, 0.3) is 0 Å². The summed E-state index contributed by atoms with van der Waals surface area (Å²) in [6.07, 6.45) is -0.382. The Kier molecular flexibility index (Phi) is 6.42. The molecule has 0 heterocycles. The summed E-state index contributed by atoms with van der Waals surface area (Å²) in [5.74, 6) is 0. The first kappa shape index (κ1) is 13.6. The molecule has 0 bridgehead atoms. The van der Waals surface area contributed by atoms with E-state index >= 15 is 0 Å². The van der Waals surface area contributed by atoms with Gasteiger partial charge in [-0.2, -0.15) is 0 Å². The van der Waals surface area contributed by atoms with Crippen molar-refractivity contribution in [3.05, 3.63) is 0 Å². The summed E-state index contributed by atoms with van der Waals surface area (Å²) in [4.78, 5) is 0. The van der Waals surface area contributed by atoms with E-state index in [0.717, 1.165) is 0 Å². The van der Waals surface area contributed by atoms with Crippen molar-refractivity contribution in [2.75, 3.05) is 5.52 Å². The fourth-order valence-corrected chi connectivity index (χ4v) is 2.74. The van der Waals surface area contributed by atoms with Crippen molar-refractivity contribution in [2.24, 2.45) is 0 Å². The number of hydrogen-bond acceptors (Lipinski definition) is 4. The van der Waals surface area contributed by atoms with Gasteiger partial charge in [0.1, 0.15) is 5.52 Å². The first-order valence-electron chi connectivity index (χ1n) is 4.07. The molecule has 0 fully saturated rings. The Labute approximate surface area is 87.7 Å². The lowest BCUT2D eigenvalue weighted by molar-refractivity contribution is 0.0828. The van der Waals surface area contributed by atoms with Crippen LogP contribution in [0.2, 0.25) is 0 Å². The smallest absolute Gasteiger partial charge is 0.284 e. The average molecular weight is 275 g/mol. The molecule has 0 radical (unpaired) electrons. The quantitative estimate of drug-likeness (QED) is 0.551. The minimum absolute atomic E-state index is 0.129. The van der Waals surface area contributed by atoms with Gasteiger partial charge in [-0.1, -0.05) is 15.9 Å². The lowest BCUT2D eigenvalue weighted by Crippen LogP contribution is -2.09. The van der Waals surface area contributed by atoms with E-state index in [-0.39, 0.29) is 17.7 Å². The summed E-state index contributed by atoms with van der Waals surface area (Å²) >= 11 is 3.01. The highest BCUT2D eigenvalue weighted by Crippen LogP contribution is 2.51. The van der Waals surface area contributed by atoms with E-state index in [4.69, 9.17) is 13.6 Å². The van der Waals surface area contributed by atoms with Crippen LogP contribution in [0.3, 0.4) is 0 Å². The zero-order valence-electron chi connectivity index (χ0n) is 8.32. The Morgan fingerprint density at radius 3 is 1.77 bits per heavy atom. The summed E-state index contributed by atoms with van der Waals surface area (Å²) in [6.45, 7) is 7.09. The van der Waals surface area contributed by atoms with Crippen molar-refractivity contribution in [3.8, 4) is 0 Å². The standard InChI is InChI=1S/C7H16BrO4P/c1-6(2)11-13(9,10-5-8)12-7(3)4/h6-7H,5H2,1-4H3. The summed E-state index contributed by atoms with van der Waals surface area (Å²) in [7, 11) is -3.38. The first-order valence-corrected chi connectivity index (χ1v) is 6.65. The molecular formula is C7H16BrO4P. The predicted molar refractivity (Wildman–Crippen MR) is 54.9 cm³/mol. The molecule has 4 nitrogen and oxygen atoms in total. The summed E-state index contributed by atoms with van der Waals surface area (Å²) in [6, 6.07) is 0. The third-order valence-corrected chi connectivity index (χ3v) is 3.27. The summed E-state index contributed by atoms with van der Waals surface area (Å²) in [5.41, 5.74) is 0.129. The molecule has 0 rings (SSSR count). The van der Waals surface area contributed by atoms with Crippen LogP contribution in [0.5, 0.6) is 0 Å². The topological polar surface area (TPSA) is 44.8 Å². The normalized spacial score (nSPS) is 12.8. The van der Waals surface area contributed by atoms with Gasteiger partial charge in [-0.15, -0.1) is 0 Å². The van der Waals surface area contributed by atoms with Crippen LogP contribution in [0.15, 0.2) is 0 Å². The van der Waals surface area contributed by atoms with Gasteiger partial charge in [0, 0.05) is 0 Å². The Balaban J connectivity index is 4.25. The third kappa shape index (κ3) is 6.63. The number of rotatable bonds is 6. The minimum atomic E-state index is -3.38. The molecule has 0 aromatic carbocycles. The number of halogens is 1. The molecule has 0 unspecified atom stereocenters. The molecular weight excluding hydrogens is 259 g/mol. The van der Waals surface area contributed by atoms with E-state index in [1.165, 1.54) is 0 Å². The number of alkyl halides is 1. The van der Waals surface area contributed by atoms with E-state index in [0.29, 0.717) is 0 Å². The molecule has 0 spiro atoms. The molecule has 0 atom stereocenters. The van der Waals surface area contributed by atoms with E-state index in [1.807, 2.05) is 0 Å². The van der Waals surface area contributed by atoms with Gasteiger partial charge in [0.25, 0.3) is 0 Å². The van der Waals surface area contributed by atoms with Crippen LogP contribution in [-0.4, -0.2) is 17.7 Å². The third-order valence-electron chi connectivity index (χ3n) is 0.887. The molecule has 80 valence electrons. The van der Waals surface area contributed by atoms with Crippen molar-refractivity contribution in [1.29, 1.82) is 0 Å². The Morgan fingerprint density at radius 1 is 1.15 bits per heavy atom. The first-order chi connectivity index (χ1) is 5.89. The van der Waals surface area contributed by atoms with Crippen LogP contribution >= 0.6 is 23.8 Å². The van der Waals surface area contributed by atoms with Crippen LogP contribution in [0.4, 0.5) is 0 Å². The van der Waals surface area contributed by atoms with Gasteiger partial charge in [0.15, 0.2) is 0 Å². The van der Waals surface area contributed by atoms with Crippen molar-refractivity contribution in [3.63, 3.8) is 0 Å². The molecule has 0 amide bonds. The molecule has 0 aliphatic rings. The van der Waals surface area contributed by atoms with Gasteiger partial charge in [-0.3, -0.25) is 13.6 Å². The molecule has 0 saturated heterocycles. The van der Waals surface area contributed by atoms with E-state index in [1.54, 1.807) is 27.7 Å². The zero-order chi connectivity index (χ0) is 10.5. The maximum Gasteiger partial charge on any atom is 0.476 e. The fourth-order valence-electron chi connectivity index (χ4n) is 0.662. The van der Waals surface area contributed by atoms with Crippen LogP contribution in [0, 0.1) is 0 Å². The van der Waals surface area contributed by atoms with E-state index < -0.39 is 7.82 Å². The molecule has 0 aromatic heterocycles. The van der Waals surface area contributed by atoms with Crippen molar-refractivity contribution in [2.45, 2.75) is 39.9 Å². The molecule has 0 aromatic rings. The largest absolute Gasteiger partial charge is 0.476 e. The highest BCUT2D eigenvalue weighted by molar-refractivity contribution is 9.09. The predicted octanol–water partition coefficient (Wildman–Crippen LogP) is 3.31. The lowest BCUT2D eigenvalue weighted by Gasteiger charge is -2.20. The van der Waals surface area contributed by atoms with Gasteiger partial charge in [-0.25, -0.2) is 4.57 Å². The molecule has 6 heteroatoms. The molecule has 0 aliphatic carbocycles. The maximum atomic E-state index is 11.7. The number of phosphoric acid groups is 1. The molecule has 0 aliphatic heterocycles. The van der Waals surface area contributed by atoms with Gasteiger partial charge < -0.3 is 0 Å². The second kappa shape index (κ2) is 6.14. The second-order valence-corrected chi connectivity index (χ2v) is 5.03. The Morgan fingerprint density at radius 2 is 1.54 bits per heavy atom. The fraction of sp³-hybridized carbons (Fsp3) is 1.00. The van der Waals surface area contributed by atoms with Gasteiger partial charge in [0.05, 0.1) is 12.2 Å². The SMILES string of the molecule is CC(C)OP(=O)(OCBr)OC(C)C. The minimum Gasteiger partial charge on any atom is -0.284 e. The monoisotopic (exact) mass is 274 g/mol. The number of hydrogen-bond donors (Lipinski definition) is 0. The molecule has 0 N–H and O–H groups in total. The van der Waals surface area contributed by atoms with E-state index in [9.17, 15) is 4.57 Å². The Bertz CT molecular complexity index is 169. The van der Waals surface area contributed by atoms with Crippen LogP contribution in [-0.2, 0) is 18.1 Å². The van der Waals surface area contributed by atoms with Gasteiger partial charge in [0.2, 0.25) is 0 Å². The second-order valence-electron chi connectivity index (χ2n) is 2.99. The highest BCUT2D eigenvalue weighted by atomic mass is 79.9. The van der Waals surface area contributed by atoms with Crippen molar-refractivity contribution >= 4 is 23.8 Å². The molecule has 13 heavy (non-hydrogen) atoms. The summed E-state index contributed by atoms with van der Waals surface area (Å²) in [5, 5.41) is 0.